The Kier molecular flexibility index (Phi) is 5.83. The number of nitrogens with zero attached hydrogens (tertiary/aromatic N) is 1. The molecule has 0 bridgehead atoms. The van der Waals surface area contributed by atoms with Crippen LogP contribution in [-0.4, -0.2) is 32.7 Å². The lowest BCUT2D eigenvalue weighted by molar-refractivity contribution is -0.116. The van der Waals surface area contributed by atoms with E-state index in [0.717, 1.165) is 22.0 Å². The minimum absolute atomic E-state index is 0.149. The van der Waals surface area contributed by atoms with E-state index in [0.29, 0.717) is 28.2 Å². The third-order valence-electron chi connectivity index (χ3n) is 3.89. The molecule has 3 aromatic rings. The van der Waals surface area contributed by atoms with E-state index in [1.54, 1.807) is 19.2 Å². The van der Waals surface area contributed by atoms with Gasteiger partial charge >= 0.3 is 0 Å². The van der Waals surface area contributed by atoms with Gasteiger partial charge in [-0.05, 0) is 58.2 Å². The maximum Gasteiger partial charge on any atom is 0.226 e. The number of nitrogens with one attached hydrogen (secondary N) is 1. The van der Waals surface area contributed by atoms with Crippen molar-refractivity contribution < 1.29 is 17.9 Å². The monoisotopic (exact) mass is 468 g/mol. The Morgan fingerprint density at radius 2 is 2.04 bits per heavy atom. The van der Waals surface area contributed by atoms with E-state index >= 15 is 0 Å². The van der Waals surface area contributed by atoms with Crippen LogP contribution in [0.15, 0.2) is 45.8 Å². The summed E-state index contributed by atoms with van der Waals surface area (Å²) in [7, 11) is -1.68. The average molecular weight is 469 g/mol. The number of methoxy groups -OCH3 is 1. The van der Waals surface area contributed by atoms with E-state index in [4.69, 9.17) is 4.74 Å². The van der Waals surface area contributed by atoms with Crippen LogP contribution in [0.3, 0.4) is 0 Å². The van der Waals surface area contributed by atoms with Crippen LogP contribution < -0.4 is 10.1 Å². The third kappa shape index (κ3) is 4.85. The predicted octanol–water partition coefficient (Wildman–Crippen LogP) is 4.04. The Morgan fingerprint density at radius 3 is 2.70 bits per heavy atom. The molecule has 2 aromatic carbocycles. The van der Waals surface area contributed by atoms with Gasteiger partial charge in [0.2, 0.25) is 5.91 Å². The first-order chi connectivity index (χ1) is 12.8. The van der Waals surface area contributed by atoms with Gasteiger partial charge in [0.05, 0.1) is 26.7 Å². The molecule has 0 fully saturated rings. The molecule has 0 aliphatic heterocycles. The molecule has 0 spiro atoms. The normalized spacial score (nSPS) is 11.5. The maximum atomic E-state index is 12.2. The molecule has 1 amide bonds. The van der Waals surface area contributed by atoms with Crippen LogP contribution in [0, 0.1) is 0 Å². The summed E-state index contributed by atoms with van der Waals surface area (Å²) < 4.78 is 30.0. The molecule has 9 heteroatoms. The summed E-state index contributed by atoms with van der Waals surface area (Å²) in [6, 6.07) is 10.4. The Balaban J connectivity index is 1.66. The summed E-state index contributed by atoms with van der Waals surface area (Å²) in [5.74, 6) is 0.593. The Hall–Kier alpha value is -1.97. The van der Waals surface area contributed by atoms with Crippen molar-refractivity contribution >= 4 is 58.4 Å². The second-order valence-corrected chi connectivity index (χ2v) is 9.84. The molecule has 27 heavy (non-hydrogen) atoms. The molecule has 0 unspecified atom stereocenters. The lowest BCUT2D eigenvalue weighted by Gasteiger charge is -2.06. The van der Waals surface area contributed by atoms with Gasteiger partial charge in [0.25, 0.3) is 0 Å². The van der Waals surface area contributed by atoms with Gasteiger partial charge in [-0.1, -0.05) is 17.4 Å². The van der Waals surface area contributed by atoms with Crippen LogP contribution in [0.5, 0.6) is 5.75 Å². The Labute approximate surface area is 169 Å². The molecule has 142 valence electrons. The SMILES string of the molecule is COc1ccc(CCC(=O)Nc2nc3ccc(S(C)(=O)=O)cc3s2)cc1Br. The molecular formula is C18H17BrN2O4S2. The van der Waals surface area contributed by atoms with Gasteiger partial charge in [0.1, 0.15) is 5.75 Å². The fourth-order valence-electron chi connectivity index (χ4n) is 2.49. The van der Waals surface area contributed by atoms with Crippen molar-refractivity contribution in [1.82, 2.24) is 4.98 Å². The fourth-order valence-corrected chi connectivity index (χ4v) is 4.73. The molecule has 0 aliphatic rings. The second kappa shape index (κ2) is 7.95. The van der Waals surface area contributed by atoms with E-state index < -0.39 is 9.84 Å². The van der Waals surface area contributed by atoms with Crippen molar-refractivity contribution in [2.45, 2.75) is 17.7 Å². The van der Waals surface area contributed by atoms with Crippen molar-refractivity contribution in [2.24, 2.45) is 0 Å². The number of rotatable bonds is 6. The van der Waals surface area contributed by atoms with E-state index in [-0.39, 0.29) is 10.8 Å². The number of thiazole rings is 1. The molecule has 3 rings (SSSR count). The van der Waals surface area contributed by atoms with Gasteiger partial charge in [0, 0.05) is 12.7 Å². The van der Waals surface area contributed by atoms with Crippen LogP contribution in [0.2, 0.25) is 0 Å². The first kappa shape index (κ1) is 19.8. The van der Waals surface area contributed by atoms with Gasteiger partial charge in [-0.15, -0.1) is 0 Å². The summed E-state index contributed by atoms with van der Waals surface area (Å²) in [5, 5.41) is 3.23. The molecule has 0 aliphatic carbocycles. The van der Waals surface area contributed by atoms with Crippen LogP contribution in [-0.2, 0) is 21.1 Å². The highest BCUT2D eigenvalue weighted by Gasteiger charge is 2.12. The number of anilines is 1. The Bertz CT molecular complexity index is 1110. The molecule has 0 atom stereocenters. The topological polar surface area (TPSA) is 85.4 Å². The highest BCUT2D eigenvalue weighted by Crippen LogP contribution is 2.29. The fraction of sp³-hybridized carbons (Fsp3) is 0.222. The number of benzene rings is 2. The van der Waals surface area contributed by atoms with E-state index in [9.17, 15) is 13.2 Å². The number of halogens is 1. The van der Waals surface area contributed by atoms with Gasteiger partial charge in [-0.3, -0.25) is 4.79 Å². The predicted molar refractivity (Wildman–Crippen MR) is 110 cm³/mol. The van der Waals surface area contributed by atoms with E-state index in [1.807, 2.05) is 18.2 Å². The van der Waals surface area contributed by atoms with E-state index in [1.165, 1.54) is 17.4 Å². The first-order valence-electron chi connectivity index (χ1n) is 7.99. The highest BCUT2D eigenvalue weighted by atomic mass is 79.9. The summed E-state index contributed by atoms with van der Waals surface area (Å²) in [6.07, 6.45) is 2.05. The number of carbonyl (C=O) groups is 1. The number of hydrogen-bond donors (Lipinski definition) is 1. The average Bonchev–Trinajstić information content (AvgIpc) is 3.00. The van der Waals surface area contributed by atoms with Crippen molar-refractivity contribution in [3.63, 3.8) is 0 Å². The van der Waals surface area contributed by atoms with Gasteiger partial charge in [0.15, 0.2) is 15.0 Å². The van der Waals surface area contributed by atoms with Crippen molar-refractivity contribution in [2.75, 3.05) is 18.7 Å². The van der Waals surface area contributed by atoms with Gasteiger partial charge < -0.3 is 10.1 Å². The molecular weight excluding hydrogens is 452 g/mol. The molecule has 0 saturated carbocycles. The smallest absolute Gasteiger partial charge is 0.226 e. The standard InChI is InChI=1S/C18H17BrN2O4S2/c1-25-15-7-3-11(9-13(15)19)4-8-17(22)21-18-20-14-6-5-12(27(2,23)24)10-16(14)26-18/h3,5-7,9-10H,4,8H2,1-2H3,(H,20,21,22). The quantitative estimate of drug-likeness (QED) is 0.589. The third-order valence-corrected chi connectivity index (χ3v) is 6.55. The van der Waals surface area contributed by atoms with Crippen LogP contribution in [0.1, 0.15) is 12.0 Å². The van der Waals surface area contributed by atoms with E-state index in [2.05, 4.69) is 26.2 Å². The molecule has 6 nitrogen and oxygen atoms in total. The number of aromatic nitrogens is 1. The van der Waals surface area contributed by atoms with Crippen molar-refractivity contribution in [3.8, 4) is 5.75 Å². The number of amides is 1. The lowest BCUT2D eigenvalue weighted by atomic mass is 10.1. The molecule has 0 saturated heterocycles. The number of hydrogen-bond acceptors (Lipinski definition) is 6. The molecule has 1 heterocycles. The summed E-state index contributed by atoms with van der Waals surface area (Å²) in [5.41, 5.74) is 1.67. The maximum absolute atomic E-state index is 12.2. The second-order valence-electron chi connectivity index (χ2n) is 5.94. The zero-order valence-electron chi connectivity index (χ0n) is 14.7. The minimum Gasteiger partial charge on any atom is -0.496 e. The zero-order valence-corrected chi connectivity index (χ0v) is 17.9. The number of fused-ring (bicyclic) bond motifs is 1. The molecule has 0 radical (unpaired) electrons. The number of carbonyl (C=O) groups excluding carboxylic acids is 1. The summed E-state index contributed by atoms with van der Waals surface area (Å²) in [6.45, 7) is 0. The number of aryl methyl sites for hydroxylation is 1. The lowest BCUT2D eigenvalue weighted by Crippen LogP contribution is -2.12. The Morgan fingerprint density at radius 1 is 1.26 bits per heavy atom. The van der Waals surface area contributed by atoms with Crippen molar-refractivity contribution in [1.29, 1.82) is 0 Å². The van der Waals surface area contributed by atoms with Crippen molar-refractivity contribution in [3.05, 3.63) is 46.4 Å². The number of ether oxygens (including phenoxy) is 1. The van der Waals surface area contributed by atoms with Crippen LogP contribution in [0.4, 0.5) is 5.13 Å². The summed E-state index contributed by atoms with van der Waals surface area (Å²) >= 11 is 4.68. The number of sulfone groups is 1. The zero-order chi connectivity index (χ0) is 19.6. The minimum atomic E-state index is -3.28. The van der Waals surface area contributed by atoms with Gasteiger partial charge in [-0.2, -0.15) is 0 Å². The highest BCUT2D eigenvalue weighted by molar-refractivity contribution is 9.10. The first-order valence-corrected chi connectivity index (χ1v) is 11.5. The van der Waals surface area contributed by atoms with Crippen LogP contribution in [0.25, 0.3) is 10.2 Å². The largest absolute Gasteiger partial charge is 0.496 e. The molecule has 1 N–H and O–H groups in total. The van der Waals surface area contributed by atoms with Crippen LogP contribution >= 0.6 is 27.3 Å². The van der Waals surface area contributed by atoms with Gasteiger partial charge in [-0.25, -0.2) is 13.4 Å². The molecule has 1 aromatic heterocycles. The summed E-state index contributed by atoms with van der Waals surface area (Å²) in [4.78, 5) is 16.8.